The van der Waals surface area contributed by atoms with Gasteiger partial charge in [-0.05, 0) is 26.0 Å². The van der Waals surface area contributed by atoms with Gasteiger partial charge in [-0.1, -0.05) is 0 Å². The van der Waals surface area contributed by atoms with Gasteiger partial charge in [-0.15, -0.1) is 0 Å². The predicted octanol–water partition coefficient (Wildman–Crippen LogP) is 1.75. The molecule has 0 radical (unpaired) electrons. The fraction of sp³-hybridized carbons (Fsp3) is 0.250. The van der Waals surface area contributed by atoms with Crippen LogP contribution in [0, 0.1) is 13.8 Å². The number of anilines is 1. The van der Waals surface area contributed by atoms with Crippen LogP contribution in [0.15, 0.2) is 18.2 Å². The average Bonchev–Trinajstić information content (AvgIpc) is 2.28. The maximum absolute atomic E-state index is 5.63. The summed E-state index contributed by atoms with van der Waals surface area (Å²) >= 11 is 0. The van der Waals surface area contributed by atoms with Crippen LogP contribution < -0.4 is 10.5 Å². The smallest absolute Gasteiger partial charge is 0.223 e. The molecule has 2 aromatic rings. The lowest BCUT2D eigenvalue weighted by Crippen LogP contribution is -2.00. The first kappa shape index (κ1) is 11.3. The summed E-state index contributed by atoms with van der Waals surface area (Å²) in [4.78, 5) is 12.5. The second kappa shape index (κ2) is 4.37. The molecular weight excluding hydrogens is 216 g/mol. The number of nitrogen functional groups attached to an aromatic ring is 1. The van der Waals surface area contributed by atoms with E-state index in [1.807, 2.05) is 26.0 Å². The molecule has 0 unspecified atom stereocenters. The van der Waals surface area contributed by atoms with Crippen molar-refractivity contribution in [2.45, 2.75) is 13.8 Å². The SMILES string of the molecule is COc1cc(-c2ccc(C)nc2C)nc(N)n1. The molecule has 5 nitrogen and oxygen atoms in total. The van der Waals surface area contributed by atoms with Crippen molar-refractivity contribution >= 4 is 5.95 Å². The summed E-state index contributed by atoms with van der Waals surface area (Å²) in [7, 11) is 1.55. The summed E-state index contributed by atoms with van der Waals surface area (Å²) in [6, 6.07) is 5.65. The van der Waals surface area contributed by atoms with Crippen LogP contribution in [-0.4, -0.2) is 22.1 Å². The number of hydrogen-bond acceptors (Lipinski definition) is 5. The number of methoxy groups -OCH3 is 1. The standard InChI is InChI=1S/C12H14N4O/c1-7-4-5-9(8(2)14-7)10-6-11(17-3)16-12(13)15-10/h4-6H,1-3H3,(H2,13,15,16). The van der Waals surface area contributed by atoms with E-state index < -0.39 is 0 Å². The van der Waals surface area contributed by atoms with E-state index in [4.69, 9.17) is 10.5 Å². The zero-order valence-corrected chi connectivity index (χ0v) is 10.1. The third-order valence-corrected chi connectivity index (χ3v) is 2.43. The minimum absolute atomic E-state index is 0.194. The Morgan fingerprint density at radius 2 is 1.88 bits per heavy atom. The lowest BCUT2D eigenvalue weighted by atomic mass is 10.1. The van der Waals surface area contributed by atoms with Gasteiger partial charge in [-0.25, -0.2) is 4.98 Å². The molecule has 0 saturated heterocycles. The van der Waals surface area contributed by atoms with Crippen LogP contribution in [0.3, 0.4) is 0 Å². The molecule has 5 heteroatoms. The second-order valence-corrected chi connectivity index (χ2v) is 3.74. The first-order chi connectivity index (χ1) is 8.10. The lowest BCUT2D eigenvalue weighted by Gasteiger charge is -2.07. The zero-order valence-electron chi connectivity index (χ0n) is 10.1. The van der Waals surface area contributed by atoms with E-state index >= 15 is 0 Å². The summed E-state index contributed by atoms with van der Waals surface area (Å²) in [5, 5.41) is 0. The Hall–Kier alpha value is -2.17. The van der Waals surface area contributed by atoms with E-state index in [0.29, 0.717) is 5.88 Å². The number of nitrogens with zero attached hydrogens (tertiary/aromatic N) is 3. The van der Waals surface area contributed by atoms with Crippen LogP contribution >= 0.6 is 0 Å². The van der Waals surface area contributed by atoms with Crippen molar-refractivity contribution in [3.8, 4) is 17.1 Å². The van der Waals surface area contributed by atoms with Gasteiger partial charge in [0.15, 0.2) is 0 Å². The van der Waals surface area contributed by atoms with Gasteiger partial charge in [-0.3, -0.25) is 4.98 Å². The summed E-state index contributed by atoms with van der Waals surface area (Å²) in [6.45, 7) is 3.89. The third-order valence-electron chi connectivity index (χ3n) is 2.43. The van der Waals surface area contributed by atoms with E-state index in [-0.39, 0.29) is 5.95 Å². The fourth-order valence-corrected chi connectivity index (χ4v) is 1.64. The van der Waals surface area contributed by atoms with Crippen LogP contribution in [0.4, 0.5) is 5.95 Å². The molecule has 0 amide bonds. The lowest BCUT2D eigenvalue weighted by molar-refractivity contribution is 0.398. The van der Waals surface area contributed by atoms with Crippen LogP contribution in [0.5, 0.6) is 5.88 Å². The van der Waals surface area contributed by atoms with Gasteiger partial charge in [0, 0.05) is 23.0 Å². The number of aromatic nitrogens is 3. The van der Waals surface area contributed by atoms with E-state index in [2.05, 4.69) is 15.0 Å². The number of rotatable bonds is 2. The van der Waals surface area contributed by atoms with Crippen molar-refractivity contribution in [1.29, 1.82) is 0 Å². The molecule has 2 heterocycles. The predicted molar refractivity (Wildman–Crippen MR) is 65.7 cm³/mol. The summed E-state index contributed by atoms with van der Waals surface area (Å²) in [5.74, 6) is 0.645. The van der Waals surface area contributed by atoms with Gasteiger partial charge >= 0.3 is 0 Å². The molecule has 0 saturated carbocycles. The van der Waals surface area contributed by atoms with Crippen LogP contribution in [-0.2, 0) is 0 Å². The van der Waals surface area contributed by atoms with Crippen molar-refractivity contribution in [2.75, 3.05) is 12.8 Å². The van der Waals surface area contributed by atoms with E-state index in [1.165, 1.54) is 0 Å². The quantitative estimate of drug-likeness (QED) is 0.850. The van der Waals surface area contributed by atoms with Gasteiger partial charge < -0.3 is 10.5 Å². The van der Waals surface area contributed by atoms with Crippen molar-refractivity contribution < 1.29 is 4.74 Å². The van der Waals surface area contributed by atoms with Crippen LogP contribution in [0.25, 0.3) is 11.3 Å². The Balaban J connectivity index is 2.55. The maximum Gasteiger partial charge on any atom is 0.223 e. The number of hydrogen-bond donors (Lipinski definition) is 1. The highest BCUT2D eigenvalue weighted by Crippen LogP contribution is 2.23. The molecule has 0 aliphatic heterocycles. The molecule has 88 valence electrons. The molecule has 0 fully saturated rings. The number of nitrogens with two attached hydrogens (primary N) is 1. The Kier molecular flexibility index (Phi) is 2.91. The molecule has 0 atom stereocenters. The largest absolute Gasteiger partial charge is 0.481 e. The Morgan fingerprint density at radius 3 is 2.53 bits per heavy atom. The average molecular weight is 230 g/mol. The summed E-state index contributed by atoms with van der Waals surface area (Å²) < 4.78 is 5.07. The van der Waals surface area contributed by atoms with Crippen molar-refractivity contribution in [3.05, 3.63) is 29.6 Å². The molecule has 2 N–H and O–H groups in total. The summed E-state index contributed by atoms with van der Waals surface area (Å²) in [6.07, 6.45) is 0. The number of ether oxygens (including phenoxy) is 1. The normalized spacial score (nSPS) is 10.3. The number of aryl methyl sites for hydroxylation is 2. The number of pyridine rings is 1. The van der Waals surface area contributed by atoms with Gasteiger partial charge in [0.25, 0.3) is 0 Å². The monoisotopic (exact) mass is 230 g/mol. The zero-order chi connectivity index (χ0) is 12.4. The molecule has 2 aromatic heterocycles. The Bertz CT molecular complexity index is 554. The molecule has 0 spiro atoms. The highest BCUT2D eigenvalue weighted by atomic mass is 16.5. The molecular formula is C12H14N4O. The first-order valence-electron chi connectivity index (χ1n) is 5.23. The third kappa shape index (κ3) is 2.33. The molecule has 0 aromatic carbocycles. The fourth-order valence-electron chi connectivity index (χ4n) is 1.64. The van der Waals surface area contributed by atoms with Gasteiger partial charge in [0.1, 0.15) is 0 Å². The molecule has 0 bridgehead atoms. The Labute approximate surface area is 99.7 Å². The topological polar surface area (TPSA) is 73.9 Å². The van der Waals surface area contributed by atoms with Crippen LogP contribution in [0.1, 0.15) is 11.4 Å². The first-order valence-corrected chi connectivity index (χ1v) is 5.23. The maximum atomic E-state index is 5.63. The summed E-state index contributed by atoms with van der Waals surface area (Å²) in [5.41, 5.74) is 9.16. The van der Waals surface area contributed by atoms with E-state index in [0.717, 1.165) is 22.6 Å². The van der Waals surface area contributed by atoms with Gasteiger partial charge in [0.2, 0.25) is 11.8 Å². The van der Waals surface area contributed by atoms with E-state index in [9.17, 15) is 0 Å². The van der Waals surface area contributed by atoms with Crippen LogP contribution in [0.2, 0.25) is 0 Å². The van der Waals surface area contributed by atoms with Crippen molar-refractivity contribution in [2.24, 2.45) is 0 Å². The second-order valence-electron chi connectivity index (χ2n) is 3.74. The minimum atomic E-state index is 0.194. The van der Waals surface area contributed by atoms with Gasteiger partial charge in [0.05, 0.1) is 12.8 Å². The Morgan fingerprint density at radius 1 is 1.12 bits per heavy atom. The van der Waals surface area contributed by atoms with E-state index in [1.54, 1.807) is 13.2 Å². The van der Waals surface area contributed by atoms with Crippen molar-refractivity contribution in [3.63, 3.8) is 0 Å². The highest BCUT2D eigenvalue weighted by Gasteiger charge is 2.08. The highest BCUT2D eigenvalue weighted by molar-refractivity contribution is 5.63. The molecule has 0 aliphatic carbocycles. The van der Waals surface area contributed by atoms with Crippen molar-refractivity contribution in [1.82, 2.24) is 15.0 Å². The minimum Gasteiger partial charge on any atom is -0.481 e. The molecule has 0 aliphatic rings. The molecule has 17 heavy (non-hydrogen) atoms. The molecule has 2 rings (SSSR count). The van der Waals surface area contributed by atoms with Gasteiger partial charge in [-0.2, -0.15) is 4.98 Å².